The van der Waals surface area contributed by atoms with Gasteiger partial charge >= 0.3 is 0 Å². The van der Waals surface area contributed by atoms with Crippen LogP contribution in [0.2, 0.25) is 0 Å². The maximum absolute atomic E-state index is 11.4. The molecule has 1 unspecified atom stereocenters. The lowest BCUT2D eigenvalue weighted by Gasteiger charge is -2.24. The number of carbonyl (C=O) groups excluding carboxylic acids is 2. The summed E-state index contributed by atoms with van der Waals surface area (Å²) < 4.78 is 0. The van der Waals surface area contributed by atoms with Gasteiger partial charge in [0.05, 0.1) is 6.10 Å². The Hall–Kier alpha value is -1.10. The summed E-state index contributed by atoms with van der Waals surface area (Å²) in [6, 6.07) is 0. The molecule has 0 aliphatic carbocycles. The van der Waals surface area contributed by atoms with E-state index in [0.29, 0.717) is 6.42 Å². The maximum atomic E-state index is 11.4. The lowest BCUT2D eigenvalue weighted by atomic mass is 10.00. The van der Waals surface area contributed by atoms with E-state index in [1.165, 1.54) is 0 Å². The Balaban J connectivity index is 3.98. The molecule has 0 aliphatic rings. The average molecular weight is 216 g/mol. The highest BCUT2D eigenvalue weighted by Gasteiger charge is 2.22. The molecular formula is C10H20N2O3. The number of aliphatic hydroxyl groups is 1. The minimum atomic E-state index is -0.623. The van der Waals surface area contributed by atoms with Gasteiger partial charge in [-0.2, -0.15) is 0 Å². The summed E-state index contributed by atoms with van der Waals surface area (Å²) in [5.74, 6) is -0.627. The predicted octanol–water partition coefficient (Wildman–Crippen LogP) is -0.0824. The molecule has 4 N–H and O–H groups in total. The summed E-state index contributed by atoms with van der Waals surface area (Å²) in [6.45, 7) is 5.10. The molecule has 0 fully saturated rings. The van der Waals surface area contributed by atoms with Gasteiger partial charge in [0.25, 0.3) is 0 Å². The standard InChI is InChI=1S/C10H20N2O3/c1-7(13)4-5-9(15)12-10(2,3)6-8(11)14/h7,13H,4-6H2,1-3H3,(H2,11,14)(H,12,15). The maximum Gasteiger partial charge on any atom is 0.220 e. The molecule has 88 valence electrons. The Labute approximate surface area is 90.0 Å². The SMILES string of the molecule is CC(O)CCC(=O)NC(C)(C)CC(N)=O. The first-order chi connectivity index (χ1) is 6.73. The first-order valence-electron chi connectivity index (χ1n) is 5.00. The fourth-order valence-electron chi connectivity index (χ4n) is 1.26. The van der Waals surface area contributed by atoms with Crippen molar-refractivity contribution in [3.8, 4) is 0 Å². The first kappa shape index (κ1) is 13.9. The van der Waals surface area contributed by atoms with Crippen LogP contribution in [0.25, 0.3) is 0 Å². The number of hydrogen-bond donors (Lipinski definition) is 3. The Bertz CT molecular complexity index is 237. The van der Waals surface area contributed by atoms with E-state index in [0.717, 1.165) is 0 Å². The molecule has 0 aromatic carbocycles. The third kappa shape index (κ3) is 7.93. The van der Waals surface area contributed by atoms with E-state index in [1.54, 1.807) is 20.8 Å². The van der Waals surface area contributed by atoms with E-state index in [-0.39, 0.29) is 18.7 Å². The fourth-order valence-corrected chi connectivity index (χ4v) is 1.26. The minimum Gasteiger partial charge on any atom is -0.393 e. The van der Waals surface area contributed by atoms with Crippen LogP contribution in [0, 0.1) is 0 Å². The van der Waals surface area contributed by atoms with Crippen LogP contribution in [0.1, 0.15) is 40.0 Å². The number of primary amides is 1. The molecule has 0 aromatic heterocycles. The molecule has 15 heavy (non-hydrogen) atoms. The van der Waals surface area contributed by atoms with E-state index in [2.05, 4.69) is 5.32 Å². The van der Waals surface area contributed by atoms with E-state index in [1.807, 2.05) is 0 Å². The van der Waals surface area contributed by atoms with Crippen LogP contribution in [0.5, 0.6) is 0 Å². The highest BCUT2D eigenvalue weighted by molar-refractivity contribution is 5.79. The molecule has 1 atom stereocenters. The van der Waals surface area contributed by atoms with E-state index in [9.17, 15) is 9.59 Å². The summed E-state index contributed by atoms with van der Waals surface area (Å²) in [7, 11) is 0. The number of amides is 2. The lowest BCUT2D eigenvalue weighted by Crippen LogP contribution is -2.46. The highest BCUT2D eigenvalue weighted by atomic mass is 16.3. The summed E-state index contributed by atoms with van der Waals surface area (Å²) in [4.78, 5) is 22.1. The molecular weight excluding hydrogens is 196 g/mol. The van der Waals surface area contributed by atoms with Crippen molar-refractivity contribution in [2.45, 2.75) is 51.7 Å². The Morgan fingerprint density at radius 2 is 2.00 bits per heavy atom. The van der Waals surface area contributed by atoms with Crippen molar-refractivity contribution in [1.29, 1.82) is 0 Å². The van der Waals surface area contributed by atoms with Crippen molar-refractivity contribution < 1.29 is 14.7 Å². The summed E-state index contributed by atoms with van der Waals surface area (Å²) in [5, 5.41) is 11.7. The number of rotatable bonds is 6. The van der Waals surface area contributed by atoms with Gasteiger partial charge in [0.2, 0.25) is 11.8 Å². The lowest BCUT2D eigenvalue weighted by molar-refractivity contribution is -0.124. The molecule has 0 heterocycles. The van der Waals surface area contributed by atoms with Gasteiger partial charge in [0.15, 0.2) is 0 Å². The van der Waals surface area contributed by atoms with Gasteiger partial charge in [0.1, 0.15) is 0 Å². The number of aliphatic hydroxyl groups excluding tert-OH is 1. The zero-order valence-corrected chi connectivity index (χ0v) is 9.54. The summed E-state index contributed by atoms with van der Waals surface area (Å²) in [5.41, 5.74) is 4.42. The highest BCUT2D eigenvalue weighted by Crippen LogP contribution is 2.08. The zero-order valence-electron chi connectivity index (χ0n) is 9.54. The Kier molecular flexibility index (Phi) is 5.28. The average Bonchev–Trinajstić information content (AvgIpc) is 1.96. The number of nitrogens with one attached hydrogen (secondary N) is 1. The van der Waals surface area contributed by atoms with Gasteiger partial charge in [-0.05, 0) is 27.2 Å². The van der Waals surface area contributed by atoms with Gasteiger partial charge in [-0.1, -0.05) is 0 Å². The van der Waals surface area contributed by atoms with Gasteiger partial charge < -0.3 is 16.2 Å². The Morgan fingerprint density at radius 1 is 1.47 bits per heavy atom. The zero-order chi connectivity index (χ0) is 12.1. The smallest absolute Gasteiger partial charge is 0.220 e. The molecule has 0 radical (unpaired) electrons. The summed E-state index contributed by atoms with van der Waals surface area (Å²) >= 11 is 0. The van der Waals surface area contributed by atoms with Crippen molar-refractivity contribution in [2.24, 2.45) is 5.73 Å². The molecule has 0 aliphatic heterocycles. The van der Waals surface area contributed by atoms with Gasteiger partial charge in [-0.15, -0.1) is 0 Å². The van der Waals surface area contributed by atoms with Gasteiger partial charge in [-0.3, -0.25) is 9.59 Å². The largest absolute Gasteiger partial charge is 0.393 e. The summed E-state index contributed by atoms with van der Waals surface area (Å²) in [6.07, 6.45) is 0.279. The van der Waals surface area contributed by atoms with Crippen molar-refractivity contribution in [3.63, 3.8) is 0 Å². The monoisotopic (exact) mass is 216 g/mol. The van der Waals surface area contributed by atoms with E-state index >= 15 is 0 Å². The molecule has 5 nitrogen and oxygen atoms in total. The topological polar surface area (TPSA) is 92.4 Å². The molecule has 0 bridgehead atoms. The van der Waals surface area contributed by atoms with E-state index < -0.39 is 17.6 Å². The first-order valence-corrected chi connectivity index (χ1v) is 5.00. The second kappa shape index (κ2) is 5.70. The van der Waals surface area contributed by atoms with Gasteiger partial charge in [0, 0.05) is 18.4 Å². The molecule has 0 aromatic rings. The van der Waals surface area contributed by atoms with Crippen LogP contribution >= 0.6 is 0 Å². The third-order valence-electron chi connectivity index (χ3n) is 1.88. The normalized spacial score (nSPS) is 13.3. The quantitative estimate of drug-likeness (QED) is 0.579. The number of nitrogens with two attached hydrogens (primary N) is 1. The minimum absolute atomic E-state index is 0.105. The van der Waals surface area contributed by atoms with Crippen molar-refractivity contribution in [3.05, 3.63) is 0 Å². The van der Waals surface area contributed by atoms with Crippen LogP contribution < -0.4 is 11.1 Å². The van der Waals surface area contributed by atoms with Crippen molar-refractivity contribution >= 4 is 11.8 Å². The van der Waals surface area contributed by atoms with Gasteiger partial charge in [-0.25, -0.2) is 0 Å². The third-order valence-corrected chi connectivity index (χ3v) is 1.88. The van der Waals surface area contributed by atoms with Crippen LogP contribution in [0.3, 0.4) is 0 Å². The molecule has 0 saturated carbocycles. The molecule has 0 saturated heterocycles. The number of hydrogen-bond acceptors (Lipinski definition) is 3. The molecule has 0 rings (SSSR count). The van der Waals surface area contributed by atoms with Crippen LogP contribution in [0.4, 0.5) is 0 Å². The van der Waals surface area contributed by atoms with Crippen molar-refractivity contribution in [2.75, 3.05) is 0 Å². The van der Waals surface area contributed by atoms with E-state index in [4.69, 9.17) is 10.8 Å². The van der Waals surface area contributed by atoms with Crippen molar-refractivity contribution in [1.82, 2.24) is 5.32 Å². The molecule has 5 heteroatoms. The second-order valence-electron chi connectivity index (χ2n) is 4.46. The van der Waals surface area contributed by atoms with Crippen LogP contribution in [-0.4, -0.2) is 28.6 Å². The molecule has 0 spiro atoms. The van der Waals surface area contributed by atoms with Crippen LogP contribution in [-0.2, 0) is 9.59 Å². The Morgan fingerprint density at radius 3 is 2.40 bits per heavy atom. The second-order valence-corrected chi connectivity index (χ2v) is 4.46. The predicted molar refractivity (Wildman–Crippen MR) is 56.9 cm³/mol. The number of carbonyl (C=O) groups is 2. The molecule has 2 amide bonds. The fraction of sp³-hybridized carbons (Fsp3) is 0.800. The van der Waals surface area contributed by atoms with Crippen LogP contribution in [0.15, 0.2) is 0 Å².